The van der Waals surface area contributed by atoms with Crippen molar-refractivity contribution >= 4 is 32.6 Å². The molecule has 0 aliphatic rings. The lowest BCUT2D eigenvalue weighted by atomic mass is 9.93. The number of para-hydroxylation sites is 1. The summed E-state index contributed by atoms with van der Waals surface area (Å²) in [5, 5.41) is 5.16. The van der Waals surface area contributed by atoms with E-state index in [4.69, 9.17) is 0 Å². The number of rotatable bonds is 4. The first-order chi connectivity index (χ1) is 20.3. The second-order valence-corrected chi connectivity index (χ2v) is 10.6. The molecule has 1 nitrogen and oxygen atoms in total. The van der Waals surface area contributed by atoms with Gasteiger partial charge in [-0.15, -0.1) is 0 Å². The van der Waals surface area contributed by atoms with Crippen molar-refractivity contribution in [2.45, 2.75) is 0 Å². The molecule has 0 radical (unpaired) electrons. The van der Waals surface area contributed by atoms with Gasteiger partial charge in [-0.05, 0) is 86.6 Å². The lowest BCUT2D eigenvalue weighted by molar-refractivity contribution is 1.18. The zero-order valence-corrected chi connectivity index (χ0v) is 22.5. The van der Waals surface area contributed by atoms with Crippen LogP contribution in [0.4, 0.5) is 0 Å². The molecular weight excluding hydrogens is 494 g/mol. The van der Waals surface area contributed by atoms with Crippen LogP contribution in [-0.4, -0.2) is 4.57 Å². The number of aromatic nitrogens is 1. The molecule has 0 bridgehead atoms. The topological polar surface area (TPSA) is 4.93 Å². The molecule has 0 saturated heterocycles. The van der Waals surface area contributed by atoms with Crippen LogP contribution in [0, 0.1) is 0 Å². The second kappa shape index (κ2) is 9.66. The molecule has 0 spiro atoms. The smallest absolute Gasteiger partial charge is 0.0547 e. The van der Waals surface area contributed by atoms with Crippen LogP contribution >= 0.6 is 0 Å². The summed E-state index contributed by atoms with van der Waals surface area (Å²) in [6.45, 7) is 0. The molecule has 0 N–H and O–H groups in total. The fourth-order valence-corrected chi connectivity index (χ4v) is 6.21. The Balaban J connectivity index is 1.29. The lowest BCUT2D eigenvalue weighted by Crippen LogP contribution is -1.94. The molecule has 0 unspecified atom stereocenters. The summed E-state index contributed by atoms with van der Waals surface area (Å²) in [6, 6.07) is 59.2. The van der Waals surface area contributed by atoms with Crippen molar-refractivity contribution in [3.05, 3.63) is 164 Å². The SMILES string of the molecule is c1ccc(-c2cc(-c3ccccc3)cc(-c3ccc(-n4c5ccccc5c5c6ccccc6ccc54)cc3)c2)cc1. The fraction of sp³-hybridized carbons (Fsp3) is 0. The van der Waals surface area contributed by atoms with Crippen molar-refractivity contribution in [1.29, 1.82) is 0 Å². The summed E-state index contributed by atoms with van der Waals surface area (Å²) < 4.78 is 2.40. The Hall–Kier alpha value is -5.40. The summed E-state index contributed by atoms with van der Waals surface area (Å²) >= 11 is 0. The second-order valence-electron chi connectivity index (χ2n) is 10.6. The zero-order valence-electron chi connectivity index (χ0n) is 22.5. The molecule has 41 heavy (non-hydrogen) atoms. The Morgan fingerprint density at radius 1 is 0.317 bits per heavy atom. The van der Waals surface area contributed by atoms with Crippen LogP contribution in [0.25, 0.3) is 71.6 Å². The Bertz CT molecular complexity index is 2110. The predicted molar refractivity (Wildman–Crippen MR) is 175 cm³/mol. The van der Waals surface area contributed by atoms with Crippen LogP contribution in [0.15, 0.2) is 164 Å². The Morgan fingerprint density at radius 3 is 1.46 bits per heavy atom. The van der Waals surface area contributed by atoms with Crippen LogP contribution in [0.1, 0.15) is 0 Å². The summed E-state index contributed by atoms with van der Waals surface area (Å²) in [5.74, 6) is 0. The van der Waals surface area contributed by atoms with Gasteiger partial charge in [-0.2, -0.15) is 0 Å². The molecule has 192 valence electrons. The summed E-state index contributed by atoms with van der Waals surface area (Å²) in [7, 11) is 0. The average molecular weight is 522 g/mol. The minimum absolute atomic E-state index is 1.16. The number of hydrogen-bond donors (Lipinski definition) is 0. The molecule has 8 rings (SSSR count). The van der Waals surface area contributed by atoms with Gasteiger partial charge in [-0.25, -0.2) is 0 Å². The van der Waals surface area contributed by atoms with E-state index in [2.05, 4.69) is 168 Å². The van der Waals surface area contributed by atoms with Gasteiger partial charge in [-0.1, -0.05) is 121 Å². The highest BCUT2D eigenvalue weighted by Gasteiger charge is 2.15. The van der Waals surface area contributed by atoms with Crippen molar-refractivity contribution in [2.75, 3.05) is 0 Å². The first-order valence-electron chi connectivity index (χ1n) is 14.1. The number of fused-ring (bicyclic) bond motifs is 5. The maximum atomic E-state index is 2.40. The van der Waals surface area contributed by atoms with Gasteiger partial charge in [-0.3, -0.25) is 0 Å². The normalized spacial score (nSPS) is 11.4. The molecule has 0 atom stereocenters. The lowest BCUT2D eigenvalue weighted by Gasteiger charge is -2.13. The van der Waals surface area contributed by atoms with E-state index < -0.39 is 0 Å². The Labute approximate surface area is 239 Å². The minimum atomic E-state index is 1.16. The molecule has 0 amide bonds. The largest absolute Gasteiger partial charge is 0.309 e. The van der Waals surface area contributed by atoms with Crippen molar-refractivity contribution in [3.8, 4) is 39.1 Å². The molecule has 0 fully saturated rings. The molecule has 0 saturated carbocycles. The summed E-state index contributed by atoms with van der Waals surface area (Å²) in [6.07, 6.45) is 0. The van der Waals surface area contributed by atoms with Crippen molar-refractivity contribution in [1.82, 2.24) is 4.57 Å². The maximum absolute atomic E-state index is 2.40. The highest BCUT2D eigenvalue weighted by Crippen LogP contribution is 2.38. The highest BCUT2D eigenvalue weighted by molar-refractivity contribution is 6.21. The van der Waals surface area contributed by atoms with Crippen molar-refractivity contribution in [3.63, 3.8) is 0 Å². The van der Waals surface area contributed by atoms with Gasteiger partial charge in [0.25, 0.3) is 0 Å². The third kappa shape index (κ3) is 4.02. The number of nitrogens with zero attached hydrogens (tertiary/aromatic N) is 1. The fourth-order valence-electron chi connectivity index (χ4n) is 6.21. The monoisotopic (exact) mass is 521 g/mol. The average Bonchev–Trinajstić information content (AvgIpc) is 3.40. The molecule has 0 aliphatic heterocycles. The van der Waals surface area contributed by atoms with Gasteiger partial charge in [0.2, 0.25) is 0 Å². The maximum Gasteiger partial charge on any atom is 0.0547 e. The first kappa shape index (κ1) is 23.5. The predicted octanol–water partition coefficient (Wildman–Crippen LogP) is 10.9. The van der Waals surface area contributed by atoms with Gasteiger partial charge < -0.3 is 4.57 Å². The van der Waals surface area contributed by atoms with E-state index in [0.717, 1.165) is 5.69 Å². The molecule has 7 aromatic carbocycles. The van der Waals surface area contributed by atoms with E-state index >= 15 is 0 Å². The summed E-state index contributed by atoms with van der Waals surface area (Å²) in [4.78, 5) is 0. The van der Waals surface area contributed by atoms with Crippen LogP contribution in [0.5, 0.6) is 0 Å². The molecular formula is C40H27N. The van der Waals surface area contributed by atoms with Gasteiger partial charge in [0, 0.05) is 16.5 Å². The van der Waals surface area contributed by atoms with Crippen LogP contribution in [0.3, 0.4) is 0 Å². The van der Waals surface area contributed by atoms with Gasteiger partial charge in [0.15, 0.2) is 0 Å². The van der Waals surface area contributed by atoms with E-state index in [1.54, 1.807) is 0 Å². The third-order valence-electron chi connectivity index (χ3n) is 8.17. The zero-order chi connectivity index (χ0) is 27.2. The summed E-state index contributed by atoms with van der Waals surface area (Å²) in [5.41, 5.74) is 10.9. The third-order valence-corrected chi connectivity index (χ3v) is 8.17. The Kier molecular flexibility index (Phi) is 5.53. The van der Waals surface area contributed by atoms with Crippen molar-refractivity contribution < 1.29 is 0 Å². The van der Waals surface area contributed by atoms with Gasteiger partial charge >= 0.3 is 0 Å². The molecule has 0 aliphatic carbocycles. The van der Waals surface area contributed by atoms with Crippen LogP contribution in [0.2, 0.25) is 0 Å². The molecule has 1 heteroatoms. The first-order valence-corrected chi connectivity index (χ1v) is 14.1. The molecule has 1 aromatic heterocycles. The Morgan fingerprint density at radius 2 is 0.829 bits per heavy atom. The van der Waals surface area contributed by atoms with Gasteiger partial charge in [0.05, 0.1) is 11.0 Å². The number of hydrogen-bond acceptors (Lipinski definition) is 0. The van der Waals surface area contributed by atoms with E-state index in [9.17, 15) is 0 Å². The standard InChI is InChI=1S/C40H27N/c1-3-11-28(12-4-1)32-25-33(29-13-5-2-6-14-29)27-34(26-32)30-19-22-35(23-20-30)41-38-18-10-9-17-37(38)40-36-16-8-7-15-31(36)21-24-39(40)41/h1-27H. The molecule has 1 heterocycles. The van der Waals surface area contributed by atoms with Gasteiger partial charge in [0.1, 0.15) is 0 Å². The van der Waals surface area contributed by atoms with E-state index in [1.165, 1.54) is 66.0 Å². The van der Waals surface area contributed by atoms with E-state index in [0.29, 0.717) is 0 Å². The highest BCUT2D eigenvalue weighted by atomic mass is 15.0. The van der Waals surface area contributed by atoms with E-state index in [-0.39, 0.29) is 0 Å². The van der Waals surface area contributed by atoms with E-state index in [1.807, 2.05) is 0 Å². The van der Waals surface area contributed by atoms with Crippen molar-refractivity contribution in [2.24, 2.45) is 0 Å². The van der Waals surface area contributed by atoms with Crippen LogP contribution in [-0.2, 0) is 0 Å². The molecule has 8 aromatic rings. The quantitative estimate of drug-likeness (QED) is 0.217. The van der Waals surface area contributed by atoms with Crippen LogP contribution < -0.4 is 0 Å². The minimum Gasteiger partial charge on any atom is -0.309 e. The number of benzene rings is 7.